The van der Waals surface area contributed by atoms with E-state index in [1.54, 1.807) is 24.5 Å². The van der Waals surface area contributed by atoms with Crippen molar-refractivity contribution in [2.45, 2.75) is 6.42 Å². The van der Waals surface area contributed by atoms with Gasteiger partial charge in [-0.15, -0.1) is 0 Å². The van der Waals surface area contributed by atoms with Gasteiger partial charge in [0.2, 0.25) is 0 Å². The van der Waals surface area contributed by atoms with Gasteiger partial charge in [0, 0.05) is 12.4 Å². The second-order valence-corrected chi connectivity index (χ2v) is 2.48. The molecule has 0 aliphatic carbocycles. The largest absolute Gasteiger partial charge is 0.463 e. The van der Waals surface area contributed by atoms with Crippen LogP contribution in [-0.2, 0) is 16.0 Å². The fourth-order valence-electron chi connectivity index (χ4n) is 0.880. The highest BCUT2D eigenvalue weighted by molar-refractivity contribution is 5.72. The van der Waals surface area contributed by atoms with Gasteiger partial charge in [0.15, 0.2) is 0 Å². The normalized spacial score (nSPS) is 9.62. The summed E-state index contributed by atoms with van der Waals surface area (Å²) in [6.07, 6.45) is 3.45. The van der Waals surface area contributed by atoms with Crippen molar-refractivity contribution in [3.8, 4) is 0 Å². The predicted molar refractivity (Wildman–Crippen MR) is 46.0 cm³/mol. The first-order chi connectivity index (χ1) is 6.33. The Kier molecular flexibility index (Phi) is 3.92. The molecule has 0 aliphatic rings. The maximum absolute atomic E-state index is 11.0. The number of pyridine rings is 1. The summed E-state index contributed by atoms with van der Waals surface area (Å²) in [6, 6.07) is 3.56. The quantitative estimate of drug-likeness (QED) is 0.672. The molecule has 1 rings (SSSR count). The SMILES string of the molecule is O=C(Cc1cccnc1)OCCO. The molecule has 1 N–H and O–H groups in total. The summed E-state index contributed by atoms with van der Waals surface area (Å²) in [5.74, 6) is -0.345. The van der Waals surface area contributed by atoms with Gasteiger partial charge in [-0.25, -0.2) is 0 Å². The van der Waals surface area contributed by atoms with Crippen LogP contribution in [0.4, 0.5) is 0 Å². The zero-order valence-electron chi connectivity index (χ0n) is 7.14. The molecule has 0 aromatic carbocycles. The van der Waals surface area contributed by atoms with Crippen LogP contribution in [0.2, 0.25) is 0 Å². The van der Waals surface area contributed by atoms with Gasteiger partial charge in [-0.1, -0.05) is 6.07 Å². The van der Waals surface area contributed by atoms with E-state index in [-0.39, 0.29) is 25.6 Å². The second-order valence-electron chi connectivity index (χ2n) is 2.48. The van der Waals surface area contributed by atoms with Crippen LogP contribution in [0.5, 0.6) is 0 Å². The molecule has 0 fully saturated rings. The summed E-state index contributed by atoms with van der Waals surface area (Å²) in [6.45, 7) is -0.0854. The molecule has 1 aromatic rings. The Hall–Kier alpha value is -1.42. The summed E-state index contributed by atoms with van der Waals surface area (Å²) in [5, 5.41) is 8.39. The Morgan fingerprint density at radius 3 is 3.08 bits per heavy atom. The van der Waals surface area contributed by atoms with Crippen LogP contribution in [0.1, 0.15) is 5.56 Å². The minimum Gasteiger partial charge on any atom is -0.463 e. The number of hydrogen-bond acceptors (Lipinski definition) is 4. The maximum Gasteiger partial charge on any atom is 0.310 e. The summed E-state index contributed by atoms with van der Waals surface area (Å²) in [5.41, 5.74) is 0.811. The highest BCUT2D eigenvalue weighted by Gasteiger charge is 2.03. The molecule has 0 unspecified atom stereocenters. The number of aromatic nitrogens is 1. The molecule has 0 bridgehead atoms. The Morgan fingerprint density at radius 2 is 2.46 bits per heavy atom. The van der Waals surface area contributed by atoms with Crippen LogP contribution < -0.4 is 0 Å². The van der Waals surface area contributed by atoms with Crippen molar-refractivity contribution < 1.29 is 14.6 Å². The number of ether oxygens (including phenoxy) is 1. The maximum atomic E-state index is 11.0. The van der Waals surface area contributed by atoms with Crippen molar-refractivity contribution in [3.63, 3.8) is 0 Å². The lowest BCUT2D eigenvalue weighted by molar-refractivity contribution is -0.143. The number of aliphatic hydroxyl groups is 1. The summed E-state index contributed by atoms with van der Waals surface area (Å²) in [7, 11) is 0. The van der Waals surface area contributed by atoms with Crippen molar-refractivity contribution in [3.05, 3.63) is 30.1 Å². The molecule has 1 aromatic heterocycles. The van der Waals surface area contributed by atoms with Gasteiger partial charge >= 0.3 is 5.97 Å². The number of rotatable bonds is 4. The minimum atomic E-state index is -0.345. The predicted octanol–water partition coefficient (Wildman–Crippen LogP) is 0.160. The third-order valence-corrected chi connectivity index (χ3v) is 1.43. The number of carbonyl (C=O) groups excluding carboxylic acids is 1. The van der Waals surface area contributed by atoms with Crippen LogP contribution >= 0.6 is 0 Å². The van der Waals surface area contributed by atoms with Gasteiger partial charge in [-0.2, -0.15) is 0 Å². The molecule has 70 valence electrons. The summed E-state index contributed by atoms with van der Waals surface area (Å²) < 4.78 is 4.68. The second kappa shape index (κ2) is 5.27. The number of carbonyl (C=O) groups is 1. The van der Waals surface area contributed by atoms with Crippen molar-refractivity contribution in [2.24, 2.45) is 0 Å². The average Bonchev–Trinajstić information content (AvgIpc) is 2.16. The van der Waals surface area contributed by atoms with E-state index in [0.29, 0.717) is 0 Å². The standard InChI is InChI=1S/C9H11NO3/c11-4-5-13-9(12)6-8-2-1-3-10-7-8/h1-3,7,11H,4-6H2. The first kappa shape index (κ1) is 9.67. The Morgan fingerprint density at radius 1 is 1.62 bits per heavy atom. The summed E-state index contributed by atoms with van der Waals surface area (Å²) >= 11 is 0. The van der Waals surface area contributed by atoms with E-state index < -0.39 is 0 Å². The van der Waals surface area contributed by atoms with E-state index in [0.717, 1.165) is 5.56 Å². The van der Waals surface area contributed by atoms with Gasteiger partial charge < -0.3 is 9.84 Å². The van der Waals surface area contributed by atoms with E-state index in [1.165, 1.54) is 0 Å². The van der Waals surface area contributed by atoms with Crippen molar-refractivity contribution in [1.29, 1.82) is 0 Å². The molecular weight excluding hydrogens is 170 g/mol. The van der Waals surface area contributed by atoms with E-state index in [9.17, 15) is 4.79 Å². The fraction of sp³-hybridized carbons (Fsp3) is 0.333. The Balaban J connectivity index is 2.37. The van der Waals surface area contributed by atoms with Crippen molar-refractivity contribution in [2.75, 3.05) is 13.2 Å². The molecule has 0 radical (unpaired) electrons. The lowest BCUT2D eigenvalue weighted by Gasteiger charge is -2.01. The molecule has 0 saturated heterocycles. The number of nitrogens with zero attached hydrogens (tertiary/aromatic N) is 1. The highest BCUT2D eigenvalue weighted by Crippen LogP contribution is 1.98. The fourth-order valence-corrected chi connectivity index (χ4v) is 0.880. The molecule has 13 heavy (non-hydrogen) atoms. The molecule has 0 aliphatic heterocycles. The van der Waals surface area contributed by atoms with Crippen LogP contribution in [0.3, 0.4) is 0 Å². The highest BCUT2D eigenvalue weighted by atomic mass is 16.5. The lowest BCUT2D eigenvalue weighted by Crippen LogP contribution is -2.10. The number of esters is 1. The monoisotopic (exact) mass is 181 g/mol. The van der Waals surface area contributed by atoms with Crippen molar-refractivity contribution in [1.82, 2.24) is 4.98 Å². The van der Waals surface area contributed by atoms with E-state index >= 15 is 0 Å². The molecular formula is C9H11NO3. The molecule has 4 heteroatoms. The lowest BCUT2D eigenvalue weighted by atomic mass is 10.2. The molecule has 4 nitrogen and oxygen atoms in total. The van der Waals surface area contributed by atoms with Gasteiger partial charge in [0.1, 0.15) is 6.61 Å². The Bertz CT molecular complexity index is 261. The van der Waals surface area contributed by atoms with Crippen molar-refractivity contribution >= 4 is 5.97 Å². The minimum absolute atomic E-state index is 0.0547. The van der Waals surface area contributed by atoms with E-state index in [4.69, 9.17) is 5.11 Å². The van der Waals surface area contributed by atoms with Crippen LogP contribution in [0.25, 0.3) is 0 Å². The molecule has 0 amide bonds. The molecule has 1 heterocycles. The van der Waals surface area contributed by atoms with Gasteiger partial charge in [-0.05, 0) is 11.6 Å². The summed E-state index contributed by atoms with van der Waals surface area (Å²) in [4.78, 5) is 14.9. The first-order valence-corrected chi connectivity index (χ1v) is 3.98. The number of hydrogen-bond donors (Lipinski definition) is 1. The molecule has 0 saturated carbocycles. The third kappa shape index (κ3) is 3.66. The molecule has 0 atom stereocenters. The van der Waals surface area contributed by atoms with Crippen LogP contribution in [0, 0.1) is 0 Å². The van der Waals surface area contributed by atoms with Gasteiger partial charge in [0.05, 0.1) is 13.0 Å². The number of aliphatic hydroxyl groups excluding tert-OH is 1. The first-order valence-electron chi connectivity index (χ1n) is 3.98. The zero-order valence-corrected chi connectivity index (χ0v) is 7.14. The van der Waals surface area contributed by atoms with Crippen LogP contribution in [-0.4, -0.2) is 29.3 Å². The smallest absolute Gasteiger partial charge is 0.310 e. The topological polar surface area (TPSA) is 59.4 Å². The van der Waals surface area contributed by atoms with E-state index in [1.807, 2.05) is 0 Å². The third-order valence-electron chi connectivity index (χ3n) is 1.43. The average molecular weight is 181 g/mol. The van der Waals surface area contributed by atoms with Crippen LogP contribution in [0.15, 0.2) is 24.5 Å². The zero-order chi connectivity index (χ0) is 9.52. The van der Waals surface area contributed by atoms with E-state index in [2.05, 4.69) is 9.72 Å². The van der Waals surface area contributed by atoms with Gasteiger partial charge in [-0.3, -0.25) is 9.78 Å². The molecule has 0 spiro atoms. The van der Waals surface area contributed by atoms with Gasteiger partial charge in [0.25, 0.3) is 0 Å². The Labute approximate surface area is 76.2 Å².